The van der Waals surface area contributed by atoms with E-state index in [1.165, 1.54) is 32.4 Å². The van der Waals surface area contributed by atoms with Crippen molar-refractivity contribution >= 4 is 6.03 Å². The van der Waals surface area contributed by atoms with Crippen molar-refractivity contribution in [3.05, 3.63) is 35.4 Å². The lowest BCUT2D eigenvalue weighted by Crippen LogP contribution is -2.42. The van der Waals surface area contributed by atoms with Gasteiger partial charge in [-0.1, -0.05) is 12.1 Å². The molecule has 2 heterocycles. The van der Waals surface area contributed by atoms with Crippen molar-refractivity contribution in [3.63, 3.8) is 0 Å². The number of amides is 2. The van der Waals surface area contributed by atoms with Gasteiger partial charge in [-0.15, -0.1) is 0 Å². The Morgan fingerprint density at radius 1 is 1.16 bits per heavy atom. The maximum absolute atomic E-state index is 12.4. The predicted molar refractivity (Wildman–Crippen MR) is 98.3 cm³/mol. The Morgan fingerprint density at radius 3 is 2.80 bits per heavy atom. The highest BCUT2D eigenvalue weighted by Crippen LogP contribution is 2.21. The molecule has 0 saturated carbocycles. The molecule has 0 spiro atoms. The summed E-state index contributed by atoms with van der Waals surface area (Å²) in [5, 5.41) is 12.0. The molecule has 0 aliphatic carbocycles. The first-order chi connectivity index (χ1) is 12.3. The van der Waals surface area contributed by atoms with Gasteiger partial charge >= 0.3 is 6.03 Å². The summed E-state index contributed by atoms with van der Waals surface area (Å²) in [5.74, 6) is 0. The van der Waals surface area contributed by atoms with Crippen LogP contribution in [0.4, 0.5) is 4.79 Å². The fourth-order valence-corrected chi connectivity index (χ4v) is 3.98. The lowest BCUT2D eigenvalue weighted by atomic mass is 10.1. The number of nitrogens with one attached hydrogen (secondary N) is 1. The van der Waals surface area contributed by atoms with E-state index >= 15 is 0 Å². The number of benzene rings is 1. The maximum atomic E-state index is 12.4. The Balaban J connectivity index is 1.42. The van der Waals surface area contributed by atoms with Gasteiger partial charge in [-0.2, -0.15) is 5.26 Å². The SMILES string of the molecule is N#Cc1cccc(CCNC(=O)N2CCC[C@H](N3CCCC3)CC2)c1. The minimum absolute atomic E-state index is 0.0542. The summed E-state index contributed by atoms with van der Waals surface area (Å²) in [6.07, 6.45) is 6.81. The molecule has 0 bridgehead atoms. The Bertz CT molecular complexity index is 618. The number of likely N-dealkylation sites (tertiary alicyclic amines) is 2. The fourth-order valence-electron chi connectivity index (χ4n) is 3.98. The monoisotopic (exact) mass is 340 g/mol. The topological polar surface area (TPSA) is 59.4 Å². The number of hydrogen-bond donors (Lipinski definition) is 1. The van der Waals surface area contributed by atoms with E-state index < -0.39 is 0 Å². The van der Waals surface area contributed by atoms with E-state index in [1.54, 1.807) is 6.07 Å². The van der Waals surface area contributed by atoms with Crippen molar-refractivity contribution in [2.45, 2.75) is 44.6 Å². The van der Waals surface area contributed by atoms with Crippen LogP contribution in [0, 0.1) is 11.3 Å². The predicted octanol–water partition coefficient (Wildman–Crippen LogP) is 2.76. The average Bonchev–Trinajstić information content (AvgIpc) is 3.06. The number of nitrogens with zero attached hydrogens (tertiary/aromatic N) is 3. The molecule has 5 nitrogen and oxygen atoms in total. The first-order valence-electron chi connectivity index (χ1n) is 9.52. The van der Waals surface area contributed by atoms with Gasteiger partial charge in [0.1, 0.15) is 0 Å². The summed E-state index contributed by atoms with van der Waals surface area (Å²) >= 11 is 0. The second-order valence-corrected chi connectivity index (χ2v) is 7.11. The van der Waals surface area contributed by atoms with Crippen molar-refractivity contribution in [2.75, 3.05) is 32.7 Å². The molecule has 25 heavy (non-hydrogen) atoms. The number of carbonyl (C=O) groups excluding carboxylic acids is 1. The molecule has 0 radical (unpaired) electrons. The molecular weight excluding hydrogens is 312 g/mol. The van der Waals surface area contributed by atoms with E-state index in [9.17, 15) is 4.79 Å². The molecule has 0 aromatic heterocycles. The molecule has 1 aromatic rings. The van der Waals surface area contributed by atoms with Crippen molar-refractivity contribution in [2.24, 2.45) is 0 Å². The van der Waals surface area contributed by atoms with Crippen molar-refractivity contribution in [1.29, 1.82) is 5.26 Å². The minimum atomic E-state index is 0.0542. The van der Waals surface area contributed by atoms with Crippen LogP contribution < -0.4 is 5.32 Å². The van der Waals surface area contributed by atoms with Crippen LogP contribution in [0.2, 0.25) is 0 Å². The standard InChI is InChI=1S/C20H28N4O/c21-16-18-6-3-5-17(15-18)8-10-22-20(25)24-13-4-7-19(9-14-24)23-11-1-2-12-23/h3,5-6,15,19H,1-2,4,7-14H2,(H,22,25)/t19-/m0/s1. The highest BCUT2D eigenvalue weighted by atomic mass is 16.2. The van der Waals surface area contributed by atoms with Gasteiger partial charge in [-0.25, -0.2) is 4.79 Å². The minimum Gasteiger partial charge on any atom is -0.338 e. The lowest BCUT2D eigenvalue weighted by molar-refractivity contribution is 0.194. The van der Waals surface area contributed by atoms with Crippen LogP contribution in [0.25, 0.3) is 0 Å². The largest absolute Gasteiger partial charge is 0.338 e. The van der Waals surface area contributed by atoms with Gasteiger partial charge in [0.25, 0.3) is 0 Å². The molecule has 1 N–H and O–H groups in total. The summed E-state index contributed by atoms with van der Waals surface area (Å²) in [6.45, 7) is 4.80. The molecular formula is C20H28N4O. The summed E-state index contributed by atoms with van der Waals surface area (Å²) < 4.78 is 0. The zero-order chi connectivity index (χ0) is 17.5. The summed E-state index contributed by atoms with van der Waals surface area (Å²) in [6, 6.07) is 10.4. The van der Waals surface area contributed by atoms with Crippen LogP contribution in [0.3, 0.4) is 0 Å². The Morgan fingerprint density at radius 2 is 2.00 bits per heavy atom. The third-order valence-corrected chi connectivity index (χ3v) is 5.39. The summed E-state index contributed by atoms with van der Waals surface area (Å²) in [7, 11) is 0. The summed E-state index contributed by atoms with van der Waals surface area (Å²) in [4.78, 5) is 17.0. The number of nitriles is 1. The zero-order valence-electron chi connectivity index (χ0n) is 14.9. The molecule has 2 amide bonds. The average molecular weight is 340 g/mol. The number of urea groups is 1. The van der Waals surface area contributed by atoms with E-state index in [-0.39, 0.29) is 6.03 Å². The molecule has 2 fully saturated rings. The zero-order valence-corrected chi connectivity index (χ0v) is 14.9. The second-order valence-electron chi connectivity index (χ2n) is 7.11. The van der Waals surface area contributed by atoms with Crippen LogP contribution in [-0.2, 0) is 6.42 Å². The van der Waals surface area contributed by atoms with Gasteiger partial charge in [-0.05, 0) is 69.3 Å². The van der Waals surface area contributed by atoms with Gasteiger partial charge < -0.3 is 15.1 Å². The van der Waals surface area contributed by atoms with Crippen LogP contribution >= 0.6 is 0 Å². The Kier molecular flexibility index (Phi) is 6.30. The van der Waals surface area contributed by atoms with Gasteiger partial charge in [0.15, 0.2) is 0 Å². The third-order valence-electron chi connectivity index (χ3n) is 5.39. The number of rotatable bonds is 4. The first kappa shape index (κ1) is 17.8. The van der Waals surface area contributed by atoms with Gasteiger partial charge in [0.2, 0.25) is 0 Å². The van der Waals surface area contributed by atoms with Crippen LogP contribution in [-0.4, -0.2) is 54.6 Å². The normalized spacial score (nSPS) is 21.6. The lowest BCUT2D eigenvalue weighted by Gasteiger charge is -2.26. The highest BCUT2D eigenvalue weighted by molar-refractivity contribution is 5.74. The second kappa shape index (κ2) is 8.87. The molecule has 134 valence electrons. The van der Waals surface area contributed by atoms with Gasteiger partial charge in [0, 0.05) is 25.7 Å². The fraction of sp³-hybridized carbons (Fsp3) is 0.600. The molecule has 2 aliphatic rings. The smallest absolute Gasteiger partial charge is 0.317 e. The molecule has 1 aromatic carbocycles. The van der Waals surface area contributed by atoms with E-state index in [2.05, 4.69) is 16.3 Å². The van der Waals surface area contributed by atoms with Crippen LogP contribution in [0.15, 0.2) is 24.3 Å². The molecule has 5 heteroatoms. The Labute approximate surface area is 150 Å². The van der Waals surface area contributed by atoms with E-state index in [4.69, 9.17) is 5.26 Å². The van der Waals surface area contributed by atoms with Crippen molar-refractivity contribution < 1.29 is 4.79 Å². The Hall–Kier alpha value is -2.06. The van der Waals surface area contributed by atoms with Gasteiger partial charge in [-0.3, -0.25) is 0 Å². The van der Waals surface area contributed by atoms with E-state index in [1.807, 2.05) is 23.1 Å². The van der Waals surface area contributed by atoms with Crippen molar-refractivity contribution in [1.82, 2.24) is 15.1 Å². The highest BCUT2D eigenvalue weighted by Gasteiger charge is 2.26. The molecule has 0 unspecified atom stereocenters. The van der Waals surface area contributed by atoms with E-state index in [0.717, 1.165) is 37.9 Å². The maximum Gasteiger partial charge on any atom is 0.317 e. The third kappa shape index (κ3) is 4.96. The van der Waals surface area contributed by atoms with Crippen molar-refractivity contribution in [3.8, 4) is 6.07 Å². The first-order valence-corrected chi connectivity index (χ1v) is 9.52. The van der Waals surface area contributed by atoms with Crippen LogP contribution in [0.1, 0.15) is 43.2 Å². The quantitative estimate of drug-likeness (QED) is 0.917. The van der Waals surface area contributed by atoms with Gasteiger partial charge in [0.05, 0.1) is 11.6 Å². The molecule has 2 saturated heterocycles. The number of carbonyl (C=O) groups is 1. The molecule has 3 rings (SSSR count). The summed E-state index contributed by atoms with van der Waals surface area (Å²) in [5.41, 5.74) is 1.76. The molecule has 1 atom stereocenters. The van der Waals surface area contributed by atoms with Crippen LogP contribution in [0.5, 0.6) is 0 Å². The number of hydrogen-bond acceptors (Lipinski definition) is 3. The molecule has 2 aliphatic heterocycles. The van der Waals surface area contributed by atoms with E-state index in [0.29, 0.717) is 18.2 Å².